The third-order valence-corrected chi connectivity index (χ3v) is 8.22. The highest BCUT2D eigenvalue weighted by Gasteiger charge is 2.44. The monoisotopic (exact) mass is 484 g/mol. The molecule has 1 saturated carbocycles. The van der Waals surface area contributed by atoms with Crippen molar-refractivity contribution in [2.24, 2.45) is 11.3 Å². The van der Waals surface area contributed by atoms with Crippen molar-refractivity contribution >= 4 is 11.8 Å². The molecule has 3 aliphatic rings. The smallest absolute Gasteiger partial charge is 0.223 e. The quantitative estimate of drug-likeness (QED) is 0.572. The van der Waals surface area contributed by atoms with Crippen LogP contribution >= 0.6 is 0 Å². The van der Waals surface area contributed by atoms with Crippen molar-refractivity contribution in [1.29, 1.82) is 5.26 Å². The molecule has 2 aliphatic heterocycles. The summed E-state index contributed by atoms with van der Waals surface area (Å²) < 4.78 is 0. The van der Waals surface area contributed by atoms with Crippen LogP contribution in [-0.4, -0.2) is 47.8 Å². The van der Waals surface area contributed by atoms with Crippen LogP contribution < -0.4 is 5.32 Å². The number of hydrogen-bond acceptors (Lipinski definition) is 4. The summed E-state index contributed by atoms with van der Waals surface area (Å²) in [6.07, 6.45) is 6.64. The molecule has 1 N–H and O–H groups in total. The van der Waals surface area contributed by atoms with E-state index in [1.165, 1.54) is 18.4 Å². The van der Waals surface area contributed by atoms with E-state index in [2.05, 4.69) is 28.4 Å². The molecule has 0 aromatic heterocycles. The first kappa shape index (κ1) is 24.5. The molecule has 1 aliphatic carbocycles. The second-order valence-corrected chi connectivity index (χ2v) is 11.0. The standard InChI is InChI=1S/C30H36N4O2/c31-20-24-8-10-25(11-9-24)21-34-22-30(19-29(34)36)13-16-33(17-14-30)15-12-27(26-4-2-1-3-5-26)32-28(35)18-23-6-7-23/h1-5,8-11,23,27H,6-7,12-19,21-22H2,(H,32,35)/t27-/m0/s1. The van der Waals surface area contributed by atoms with Gasteiger partial charge < -0.3 is 15.1 Å². The third-order valence-electron chi connectivity index (χ3n) is 8.22. The van der Waals surface area contributed by atoms with Gasteiger partial charge in [0.25, 0.3) is 0 Å². The van der Waals surface area contributed by atoms with Gasteiger partial charge in [-0.25, -0.2) is 0 Å². The molecule has 6 nitrogen and oxygen atoms in total. The van der Waals surface area contributed by atoms with Crippen LogP contribution in [0, 0.1) is 22.7 Å². The number of carbonyl (C=O) groups excluding carboxylic acids is 2. The predicted molar refractivity (Wildman–Crippen MR) is 139 cm³/mol. The molecule has 188 valence electrons. The Bertz CT molecular complexity index is 1100. The molecular weight excluding hydrogens is 448 g/mol. The van der Waals surface area contributed by atoms with Crippen LogP contribution in [-0.2, 0) is 16.1 Å². The van der Waals surface area contributed by atoms with Crippen LogP contribution in [0.25, 0.3) is 0 Å². The maximum Gasteiger partial charge on any atom is 0.223 e. The van der Waals surface area contributed by atoms with Gasteiger partial charge in [-0.3, -0.25) is 9.59 Å². The van der Waals surface area contributed by atoms with Gasteiger partial charge in [-0.1, -0.05) is 42.5 Å². The molecule has 5 rings (SSSR count). The van der Waals surface area contributed by atoms with E-state index in [4.69, 9.17) is 5.26 Å². The number of nitriles is 1. The lowest BCUT2D eigenvalue weighted by molar-refractivity contribution is -0.128. The molecule has 6 heteroatoms. The van der Waals surface area contributed by atoms with E-state index in [1.807, 2.05) is 47.4 Å². The zero-order valence-corrected chi connectivity index (χ0v) is 21.0. The maximum atomic E-state index is 12.8. The van der Waals surface area contributed by atoms with Gasteiger partial charge in [0.2, 0.25) is 11.8 Å². The average molecular weight is 485 g/mol. The van der Waals surface area contributed by atoms with E-state index in [-0.39, 0.29) is 23.3 Å². The molecule has 2 amide bonds. The topological polar surface area (TPSA) is 76.4 Å². The zero-order chi connectivity index (χ0) is 25.0. The molecular formula is C30H36N4O2. The van der Waals surface area contributed by atoms with Crippen molar-refractivity contribution in [3.63, 3.8) is 0 Å². The van der Waals surface area contributed by atoms with Crippen molar-refractivity contribution < 1.29 is 9.59 Å². The summed E-state index contributed by atoms with van der Waals surface area (Å²) in [4.78, 5) is 29.9. The van der Waals surface area contributed by atoms with E-state index < -0.39 is 0 Å². The number of carbonyl (C=O) groups is 2. The Morgan fingerprint density at radius 3 is 2.47 bits per heavy atom. The van der Waals surface area contributed by atoms with Crippen LogP contribution in [0.5, 0.6) is 0 Å². The number of likely N-dealkylation sites (tertiary alicyclic amines) is 2. The van der Waals surface area contributed by atoms with E-state index >= 15 is 0 Å². The summed E-state index contributed by atoms with van der Waals surface area (Å²) >= 11 is 0. The number of nitrogens with zero attached hydrogens (tertiary/aromatic N) is 3. The fourth-order valence-electron chi connectivity index (χ4n) is 5.77. The second-order valence-electron chi connectivity index (χ2n) is 11.0. The summed E-state index contributed by atoms with van der Waals surface area (Å²) in [6.45, 7) is 4.38. The lowest BCUT2D eigenvalue weighted by Crippen LogP contribution is -2.42. The molecule has 2 aromatic rings. The van der Waals surface area contributed by atoms with Gasteiger partial charge in [0.15, 0.2) is 0 Å². The Kier molecular flexibility index (Phi) is 7.38. The average Bonchev–Trinajstić information content (AvgIpc) is 3.66. The molecule has 3 fully saturated rings. The number of amides is 2. The van der Waals surface area contributed by atoms with Gasteiger partial charge in [-0.2, -0.15) is 5.26 Å². The SMILES string of the molecule is N#Cc1ccc(CN2CC3(CCN(CC[C@H](NC(=O)CC4CC4)c4ccccc4)CC3)CC2=O)cc1. The van der Waals surface area contributed by atoms with Crippen LogP contribution in [0.4, 0.5) is 0 Å². The number of hydrogen-bond donors (Lipinski definition) is 1. The van der Waals surface area contributed by atoms with Crippen LogP contribution in [0.1, 0.15) is 67.7 Å². The van der Waals surface area contributed by atoms with E-state index in [0.717, 1.165) is 51.0 Å². The molecule has 0 bridgehead atoms. The molecule has 2 saturated heterocycles. The van der Waals surface area contributed by atoms with Gasteiger partial charge in [0.05, 0.1) is 17.7 Å². The summed E-state index contributed by atoms with van der Waals surface area (Å²) in [6, 6.07) is 20.1. The highest BCUT2D eigenvalue weighted by Crippen LogP contribution is 2.41. The highest BCUT2D eigenvalue weighted by molar-refractivity contribution is 5.79. The van der Waals surface area contributed by atoms with Gasteiger partial charge in [0, 0.05) is 32.5 Å². The minimum Gasteiger partial charge on any atom is -0.349 e. The molecule has 36 heavy (non-hydrogen) atoms. The van der Waals surface area contributed by atoms with Crippen LogP contribution in [0.2, 0.25) is 0 Å². The molecule has 0 unspecified atom stereocenters. The first-order chi connectivity index (χ1) is 17.5. The number of benzene rings is 2. The van der Waals surface area contributed by atoms with Crippen LogP contribution in [0.3, 0.4) is 0 Å². The fourth-order valence-corrected chi connectivity index (χ4v) is 5.77. The van der Waals surface area contributed by atoms with E-state index in [9.17, 15) is 9.59 Å². The van der Waals surface area contributed by atoms with Crippen LogP contribution in [0.15, 0.2) is 54.6 Å². The van der Waals surface area contributed by atoms with Crippen molar-refractivity contribution in [3.05, 3.63) is 71.3 Å². The summed E-state index contributed by atoms with van der Waals surface area (Å²) in [5.74, 6) is 1.01. The van der Waals surface area contributed by atoms with E-state index in [1.54, 1.807) is 0 Å². The molecule has 2 heterocycles. The van der Waals surface area contributed by atoms with Gasteiger partial charge in [-0.05, 0) is 79.8 Å². The Morgan fingerprint density at radius 1 is 1.08 bits per heavy atom. The molecule has 0 radical (unpaired) electrons. The first-order valence-corrected chi connectivity index (χ1v) is 13.4. The van der Waals surface area contributed by atoms with Gasteiger partial charge in [-0.15, -0.1) is 0 Å². The minimum atomic E-state index is 0.0457. The van der Waals surface area contributed by atoms with Gasteiger partial charge >= 0.3 is 0 Å². The van der Waals surface area contributed by atoms with Crippen molar-refractivity contribution in [1.82, 2.24) is 15.1 Å². The Labute approximate surface area is 214 Å². The predicted octanol–water partition coefficient (Wildman–Crippen LogP) is 4.42. The largest absolute Gasteiger partial charge is 0.349 e. The van der Waals surface area contributed by atoms with Gasteiger partial charge in [0.1, 0.15) is 0 Å². The lowest BCUT2D eigenvalue weighted by Gasteiger charge is -2.39. The zero-order valence-electron chi connectivity index (χ0n) is 21.0. The summed E-state index contributed by atoms with van der Waals surface area (Å²) in [5, 5.41) is 12.3. The Hall–Kier alpha value is -3.17. The molecule has 2 aromatic carbocycles. The Morgan fingerprint density at radius 2 is 1.81 bits per heavy atom. The normalized spacial score (nSPS) is 20.3. The maximum absolute atomic E-state index is 12.8. The molecule has 1 spiro atoms. The van der Waals surface area contributed by atoms with Crippen molar-refractivity contribution in [2.45, 2.75) is 57.5 Å². The Balaban J connectivity index is 1.12. The minimum absolute atomic E-state index is 0.0457. The molecule has 1 atom stereocenters. The first-order valence-electron chi connectivity index (χ1n) is 13.4. The summed E-state index contributed by atoms with van der Waals surface area (Å²) in [7, 11) is 0. The lowest BCUT2D eigenvalue weighted by atomic mass is 9.77. The fraction of sp³-hybridized carbons (Fsp3) is 0.500. The highest BCUT2D eigenvalue weighted by atomic mass is 16.2. The number of nitrogens with one attached hydrogen (secondary N) is 1. The van der Waals surface area contributed by atoms with Crippen molar-refractivity contribution in [3.8, 4) is 6.07 Å². The number of piperidine rings is 1. The second kappa shape index (κ2) is 10.8. The third kappa shape index (κ3) is 6.14. The number of rotatable bonds is 9. The summed E-state index contributed by atoms with van der Waals surface area (Å²) in [5.41, 5.74) is 2.98. The van der Waals surface area contributed by atoms with E-state index in [0.29, 0.717) is 30.9 Å². The van der Waals surface area contributed by atoms with Crippen molar-refractivity contribution in [2.75, 3.05) is 26.2 Å².